The van der Waals surface area contributed by atoms with Crippen molar-refractivity contribution in [3.8, 4) is 5.75 Å². The van der Waals surface area contributed by atoms with Crippen LogP contribution in [0.15, 0.2) is 24.3 Å². The third-order valence-electron chi connectivity index (χ3n) is 2.50. The second-order valence-electron chi connectivity index (χ2n) is 3.95. The molecule has 0 heterocycles. The fraction of sp³-hybridized carbons (Fsp3) is 0.333. The van der Waals surface area contributed by atoms with Gasteiger partial charge in [0.05, 0.1) is 0 Å². The van der Waals surface area contributed by atoms with E-state index < -0.39 is 18.1 Å². The molecule has 2 amide bonds. The average molecular weight is 268 g/mol. The van der Waals surface area contributed by atoms with Gasteiger partial charge in [-0.3, -0.25) is 4.90 Å². The van der Waals surface area contributed by atoms with E-state index in [2.05, 4.69) is 5.32 Å². The van der Waals surface area contributed by atoms with E-state index in [1.165, 1.54) is 24.1 Å². The Morgan fingerprint density at radius 1 is 1.42 bits per heavy atom. The number of carboxylic acids is 1. The number of phenolic OH excluding ortho intramolecular Hbond substituents is 1. The van der Waals surface area contributed by atoms with Crippen LogP contribution in [-0.2, 0) is 4.79 Å². The molecule has 1 aromatic rings. The summed E-state index contributed by atoms with van der Waals surface area (Å²) in [6, 6.07) is 5.70. The van der Waals surface area contributed by atoms with Crippen LogP contribution in [0.25, 0.3) is 0 Å². The standard InChI is InChI=1S/C12H16N2O5/c1-14(8-3-2-4-9(15)7-8)12(19)13-6-5-10(16)11(17)18/h2-4,7,10,15-16H,5-6H2,1H3,(H,13,19)(H,17,18). The number of aliphatic carboxylic acids is 1. The summed E-state index contributed by atoms with van der Waals surface area (Å²) < 4.78 is 0. The first kappa shape index (κ1) is 14.8. The number of aliphatic hydroxyl groups is 1. The minimum Gasteiger partial charge on any atom is -0.508 e. The molecular weight excluding hydrogens is 252 g/mol. The number of aliphatic hydroxyl groups excluding tert-OH is 1. The molecular formula is C12H16N2O5. The van der Waals surface area contributed by atoms with E-state index in [1.54, 1.807) is 12.1 Å². The maximum absolute atomic E-state index is 11.7. The van der Waals surface area contributed by atoms with Crippen LogP contribution >= 0.6 is 0 Å². The van der Waals surface area contributed by atoms with Crippen LogP contribution in [-0.4, -0.2) is 47.0 Å². The van der Waals surface area contributed by atoms with Crippen molar-refractivity contribution in [2.75, 3.05) is 18.5 Å². The Morgan fingerprint density at radius 2 is 2.11 bits per heavy atom. The molecule has 0 bridgehead atoms. The Hall–Kier alpha value is -2.28. The van der Waals surface area contributed by atoms with Crippen molar-refractivity contribution >= 4 is 17.7 Å². The van der Waals surface area contributed by atoms with Gasteiger partial charge in [0.15, 0.2) is 6.10 Å². The number of rotatable bonds is 5. The summed E-state index contributed by atoms with van der Waals surface area (Å²) >= 11 is 0. The highest BCUT2D eigenvalue weighted by Crippen LogP contribution is 2.18. The lowest BCUT2D eigenvalue weighted by Gasteiger charge is -2.18. The van der Waals surface area contributed by atoms with Gasteiger partial charge < -0.3 is 20.6 Å². The molecule has 1 aromatic carbocycles. The minimum atomic E-state index is -1.49. The third-order valence-corrected chi connectivity index (χ3v) is 2.50. The van der Waals surface area contributed by atoms with E-state index in [0.717, 1.165) is 0 Å². The fourth-order valence-corrected chi connectivity index (χ4v) is 1.38. The van der Waals surface area contributed by atoms with Gasteiger partial charge >= 0.3 is 12.0 Å². The number of hydrogen-bond acceptors (Lipinski definition) is 4. The normalized spacial score (nSPS) is 11.7. The van der Waals surface area contributed by atoms with Gasteiger partial charge in [0.1, 0.15) is 5.75 Å². The molecule has 0 spiro atoms. The Bertz CT molecular complexity index is 463. The predicted octanol–water partition coefficient (Wildman–Crippen LogP) is 0.374. The van der Waals surface area contributed by atoms with Crippen molar-refractivity contribution in [1.29, 1.82) is 0 Å². The molecule has 0 aliphatic heterocycles. The van der Waals surface area contributed by atoms with Crippen LogP contribution in [0.4, 0.5) is 10.5 Å². The van der Waals surface area contributed by atoms with E-state index in [4.69, 9.17) is 10.2 Å². The lowest BCUT2D eigenvalue weighted by Crippen LogP contribution is -2.39. The number of hydrogen-bond donors (Lipinski definition) is 4. The highest BCUT2D eigenvalue weighted by molar-refractivity contribution is 5.91. The molecule has 0 aromatic heterocycles. The Morgan fingerprint density at radius 3 is 2.68 bits per heavy atom. The maximum Gasteiger partial charge on any atom is 0.332 e. The van der Waals surface area contributed by atoms with Gasteiger partial charge in [0, 0.05) is 31.8 Å². The second kappa shape index (κ2) is 6.60. The van der Waals surface area contributed by atoms with Crippen LogP contribution in [0.5, 0.6) is 5.75 Å². The number of carboxylic acid groups (broad SMARTS) is 1. The van der Waals surface area contributed by atoms with Crippen LogP contribution in [0, 0.1) is 0 Å². The highest BCUT2D eigenvalue weighted by atomic mass is 16.4. The van der Waals surface area contributed by atoms with Crippen molar-refractivity contribution in [2.45, 2.75) is 12.5 Å². The van der Waals surface area contributed by atoms with Crippen LogP contribution in [0.2, 0.25) is 0 Å². The maximum atomic E-state index is 11.7. The number of amides is 2. The van der Waals surface area contributed by atoms with Gasteiger partial charge in [0.2, 0.25) is 0 Å². The van der Waals surface area contributed by atoms with Crippen molar-refractivity contribution in [2.24, 2.45) is 0 Å². The van der Waals surface area contributed by atoms with E-state index in [1.807, 2.05) is 0 Å². The zero-order chi connectivity index (χ0) is 14.4. The van der Waals surface area contributed by atoms with Crippen molar-refractivity contribution in [3.05, 3.63) is 24.3 Å². The molecule has 1 atom stereocenters. The molecule has 0 radical (unpaired) electrons. The summed E-state index contributed by atoms with van der Waals surface area (Å²) in [6.45, 7) is 0.0372. The van der Waals surface area contributed by atoms with Gasteiger partial charge in [-0.2, -0.15) is 0 Å². The van der Waals surface area contributed by atoms with E-state index in [9.17, 15) is 14.7 Å². The fourth-order valence-electron chi connectivity index (χ4n) is 1.38. The number of benzene rings is 1. The Kier molecular flexibility index (Phi) is 5.13. The number of phenols is 1. The predicted molar refractivity (Wildman–Crippen MR) is 68.2 cm³/mol. The lowest BCUT2D eigenvalue weighted by atomic mass is 10.2. The first-order valence-electron chi connectivity index (χ1n) is 5.63. The number of carbonyl (C=O) groups excluding carboxylic acids is 1. The number of carbonyl (C=O) groups is 2. The molecule has 0 aliphatic rings. The molecule has 104 valence electrons. The second-order valence-corrected chi connectivity index (χ2v) is 3.95. The summed E-state index contributed by atoms with van der Waals surface area (Å²) in [5.74, 6) is -1.28. The van der Waals surface area contributed by atoms with Gasteiger partial charge in [-0.15, -0.1) is 0 Å². The third kappa shape index (κ3) is 4.47. The Labute approximate surface area is 110 Å². The number of aromatic hydroxyl groups is 1. The Balaban J connectivity index is 2.47. The number of anilines is 1. The molecule has 7 heteroatoms. The number of nitrogens with zero attached hydrogens (tertiary/aromatic N) is 1. The van der Waals surface area contributed by atoms with Gasteiger partial charge in [-0.25, -0.2) is 9.59 Å². The molecule has 0 saturated heterocycles. The van der Waals surface area contributed by atoms with Gasteiger partial charge in [-0.05, 0) is 12.1 Å². The zero-order valence-corrected chi connectivity index (χ0v) is 10.4. The molecule has 1 rings (SSSR count). The lowest BCUT2D eigenvalue weighted by molar-refractivity contribution is -0.146. The minimum absolute atomic E-state index is 0.0372. The molecule has 7 nitrogen and oxygen atoms in total. The smallest absolute Gasteiger partial charge is 0.332 e. The van der Waals surface area contributed by atoms with Crippen LogP contribution in [0.1, 0.15) is 6.42 Å². The first-order chi connectivity index (χ1) is 8.91. The topological polar surface area (TPSA) is 110 Å². The summed E-state index contributed by atoms with van der Waals surface area (Å²) in [5, 5.41) is 29.3. The summed E-state index contributed by atoms with van der Waals surface area (Å²) in [5.41, 5.74) is 0.497. The van der Waals surface area contributed by atoms with Crippen molar-refractivity contribution < 1.29 is 24.9 Å². The molecule has 4 N–H and O–H groups in total. The number of urea groups is 1. The van der Waals surface area contributed by atoms with E-state index in [0.29, 0.717) is 5.69 Å². The summed E-state index contributed by atoms with van der Waals surface area (Å²) in [7, 11) is 1.51. The molecule has 0 aliphatic carbocycles. The van der Waals surface area contributed by atoms with E-state index >= 15 is 0 Å². The van der Waals surface area contributed by atoms with Crippen molar-refractivity contribution in [3.63, 3.8) is 0 Å². The SMILES string of the molecule is CN(C(=O)NCCC(O)C(=O)O)c1cccc(O)c1. The zero-order valence-electron chi connectivity index (χ0n) is 10.4. The van der Waals surface area contributed by atoms with Gasteiger partial charge in [0.25, 0.3) is 0 Å². The molecule has 0 saturated carbocycles. The number of nitrogens with one attached hydrogen (secondary N) is 1. The molecule has 0 fully saturated rings. The summed E-state index contributed by atoms with van der Waals surface area (Å²) in [6.07, 6.45) is -1.57. The monoisotopic (exact) mass is 268 g/mol. The summed E-state index contributed by atoms with van der Waals surface area (Å²) in [4.78, 5) is 23.3. The first-order valence-corrected chi connectivity index (χ1v) is 5.63. The average Bonchev–Trinajstić information content (AvgIpc) is 2.37. The van der Waals surface area contributed by atoms with Crippen molar-refractivity contribution in [1.82, 2.24) is 5.32 Å². The van der Waals surface area contributed by atoms with E-state index in [-0.39, 0.29) is 18.7 Å². The van der Waals surface area contributed by atoms with Crippen LogP contribution in [0.3, 0.4) is 0 Å². The molecule has 1 unspecified atom stereocenters. The molecule has 19 heavy (non-hydrogen) atoms. The largest absolute Gasteiger partial charge is 0.508 e. The quantitative estimate of drug-likeness (QED) is 0.617. The highest BCUT2D eigenvalue weighted by Gasteiger charge is 2.15. The van der Waals surface area contributed by atoms with Crippen LogP contribution < -0.4 is 10.2 Å². The van der Waals surface area contributed by atoms with Gasteiger partial charge in [-0.1, -0.05) is 6.07 Å².